The molecule has 0 fully saturated rings. The lowest BCUT2D eigenvalue weighted by molar-refractivity contribution is 0.928. The van der Waals surface area contributed by atoms with E-state index in [1.54, 1.807) is 0 Å². The number of aryl methyl sites for hydroxylation is 1. The van der Waals surface area contributed by atoms with Gasteiger partial charge in [0.1, 0.15) is 0 Å². The fourth-order valence-electron chi connectivity index (χ4n) is 0.997. The van der Waals surface area contributed by atoms with Crippen LogP contribution in [-0.4, -0.2) is 5.88 Å². The molecule has 0 saturated heterocycles. The second kappa shape index (κ2) is 4.73. The van der Waals surface area contributed by atoms with Gasteiger partial charge in [0.25, 0.3) is 0 Å². The van der Waals surface area contributed by atoms with Crippen LogP contribution < -0.4 is 5.73 Å². The number of alkyl halides is 1. The van der Waals surface area contributed by atoms with E-state index in [1.807, 2.05) is 18.2 Å². The van der Waals surface area contributed by atoms with Crippen LogP contribution in [-0.2, 0) is 6.42 Å². The molecule has 1 rings (SSSR count). The maximum atomic E-state index is 5.64. The Bertz CT molecular complexity index is 263. The molecular weight excluding hydrogens is 237 g/mol. The van der Waals surface area contributed by atoms with Crippen molar-refractivity contribution in [3.63, 3.8) is 0 Å². The number of hydrogen-bond acceptors (Lipinski definition) is 1. The number of nitrogen functional groups attached to an aromatic ring is 1. The molecule has 0 aliphatic rings. The quantitative estimate of drug-likeness (QED) is 0.645. The molecule has 3 heteroatoms. The van der Waals surface area contributed by atoms with Crippen LogP contribution in [0.3, 0.4) is 0 Å². The monoisotopic (exact) mass is 247 g/mol. The number of benzene rings is 1. The van der Waals surface area contributed by atoms with Crippen LogP contribution in [0.1, 0.15) is 12.0 Å². The van der Waals surface area contributed by atoms with Gasteiger partial charge >= 0.3 is 0 Å². The molecule has 0 saturated carbocycles. The summed E-state index contributed by atoms with van der Waals surface area (Å²) in [7, 11) is 0. The molecule has 0 atom stereocenters. The Kier molecular flexibility index (Phi) is 3.89. The maximum absolute atomic E-state index is 5.64. The highest BCUT2D eigenvalue weighted by Gasteiger charge is 1.97. The number of nitrogens with two attached hydrogens (primary N) is 1. The van der Waals surface area contributed by atoms with Crippen LogP contribution in [0.4, 0.5) is 5.69 Å². The summed E-state index contributed by atoms with van der Waals surface area (Å²) in [6, 6.07) is 5.99. The summed E-state index contributed by atoms with van der Waals surface area (Å²) in [4.78, 5) is 0. The Balaban J connectivity index is 2.69. The van der Waals surface area contributed by atoms with Crippen molar-refractivity contribution in [2.24, 2.45) is 0 Å². The van der Waals surface area contributed by atoms with Gasteiger partial charge in [-0.15, -0.1) is 11.6 Å². The van der Waals surface area contributed by atoms with Crippen molar-refractivity contribution in [2.75, 3.05) is 11.6 Å². The molecule has 0 aliphatic carbocycles. The average molecular weight is 249 g/mol. The van der Waals surface area contributed by atoms with E-state index in [2.05, 4.69) is 15.9 Å². The zero-order chi connectivity index (χ0) is 8.97. The van der Waals surface area contributed by atoms with Crippen LogP contribution in [0.5, 0.6) is 0 Å². The van der Waals surface area contributed by atoms with Crippen molar-refractivity contribution in [3.05, 3.63) is 28.2 Å². The summed E-state index contributed by atoms with van der Waals surface area (Å²) in [5.41, 5.74) is 7.70. The second-order valence-electron chi connectivity index (χ2n) is 2.65. The predicted octanol–water partition coefficient (Wildman–Crippen LogP) is 3.20. The fourth-order valence-corrected chi connectivity index (χ4v) is 1.56. The molecule has 1 aromatic rings. The van der Waals surface area contributed by atoms with Gasteiger partial charge in [0, 0.05) is 16.0 Å². The Labute approximate surface area is 86.0 Å². The number of rotatable bonds is 3. The van der Waals surface area contributed by atoms with Gasteiger partial charge in [0.2, 0.25) is 0 Å². The van der Waals surface area contributed by atoms with E-state index < -0.39 is 0 Å². The molecule has 12 heavy (non-hydrogen) atoms. The highest BCUT2D eigenvalue weighted by atomic mass is 79.9. The first-order valence-corrected chi connectivity index (χ1v) is 5.16. The van der Waals surface area contributed by atoms with Crippen LogP contribution in [0.2, 0.25) is 0 Å². The molecule has 0 amide bonds. The minimum atomic E-state index is 0.710. The first-order valence-electron chi connectivity index (χ1n) is 3.84. The summed E-state index contributed by atoms with van der Waals surface area (Å²) >= 11 is 8.97. The minimum Gasteiger partial charge on any atom is -0.398 e. The van der Waals surface area contributed by atoms with E-state index >= 15 is 0 Å². The van der Waals surface area contributed by atoms with Crippen molar-refractivity contribution >= 4 is 33.2 Å². The summed E-state index contributed by atoms with van der Waals surface area (Å²) < 4.78 is 0.967. The van der Waals surface area contributed by atoms with Gasteiger partial charge in [0.05, 0.1) is 0 Å². The third-order valence-electron chi connectivity index (χ3n) is 1.66. The van der Waals surface area contributed by atoms with E-state index in [4.69, 9.17) is 17.3 Å². The van der Waals surface area contributed by atoms with E-state index in [0.29, 0.717) is 5.88 Å². The molecule has 1 aromatic carbocycles. The van der Waals surface area contributed by atoms with Gasteiger partial charge in [-0.05, 0) is 46.5 Å². The number of hydrogen-bond donors (Lipinski definition) is 1. The van der Waals surface area contributed by atoms with Gasteiger partial charge in [-0.2, -0.15) is 0 Å². The van der Waals surface area contributed by atoms with Gasteiger partial charge in [-0.3, -0.25) is 0 Å². The highest BCUT2D eigenvalue weighted by molar-refractivity contribution is 9.10. The lowest BCUT2D eigenvalue weighted by atomic mass is 10.1. The van der Waals surface area contributed by atoms with Crippen LogP contribution in [0.25, 0.3) is 0 Å². The fraction of sp³-hybridized carbons (Fsp3) is 0.333. The van der Waals surface area contributed by atoms with Crippen molar-refractivity contribution in [1.82, 2.24) is 0 Å². The first-order chi connectivity index (χ1) is 5.74. The van der Waals surface area contributed by atoms with Crippen molar-refractivity contribution in [1.29, 1.82) is 0 Å². The Hall–Kier alpha value is -0.210. The minimum absolute atomic E-state index is 0.710. The SMILES string of the molecule is Nc1ccc(CCCCl)cc1Br. The van der Waals surface area contributed by atoms with Crippen LogP contribution in [0.15, 0.2) is 22.7 Å². The van der Waals surface area contributed by atoms with Crippen molar-refractivity contribution < 1.29 is 0 Å². The average Bonchev–Trinajstić information content (AvgIpc) is 2.07. The topological polar surface area (TPSA) is 26.0 Å². The number of anilines is 1. The molecule has 66 valence electrons. The van der Waals surface area contributed by atoms with Crippen molar-refractivity contribution in [3.8, 4) is 0 Å². The van der Waals surface area contributed by atoms with E-state index in [0.717, 1.165) is 23.0 Å². The van der Waals surface area contributed by atoms with Gasteiger partial charge in [-0.1, -0.05) is 6.07 Å². The summed E-state index contributed by atoms with van der Waals surface area (Å²) in [5.74, 6) is 0.710. The molecule has 2 N–H and O–H groups in total. The molecular formula is C9H11BrClN. The van der Waals surface area contributed by atoms with Crippen LogP contribution in [0, 0.1) is 0 Å². The van der Waals surface area contributed by atoms with Gasteiger partial charge < -0.3 is 5.73 Å². The highest BCUT2D eigenvalue weighted by Crippen LogP contribution is 2.21. The van der Waals surface area contributed by atoms with Crippen molar-refractivity contribution in [2.45, 2.75) is 12.8 Å². The molecule has 0 bridgehead atoms. The summed E-state index contributed by atoms with van der Waals surface area (Å²) in [5, 5.41) is 0. The molecule has 0 radical (unpaired) electrons. The molecule has 0 unspecified atom stereocenters. The lowest BCUT2D eigenvalue weighted by Gasteiger charge is -2.02. The molecule has 0 aromatic heterocycles. The zero-order valence-electron chi connectivity index (χ0n) is 6.69. The summed E-state index contributed by atoms with van der Waals surface area (Å²) in [6.07, 6.45) is 2.03. The molecule has 0 aliphatic heterocycles. The zero-order valence-corrected chi connectivity index (χ0v) is 9.03. The maximum Gasteiger partial charge on any atom is 0.0458 e. The van der Waals surface area contributed by atoms with E-state index in [-0.39, 0.29) is 0 Å². The smallest absolute Gasteiger partial charge is 0.0458 e. The van der Waals surface area contributed by atoms with Crippen LogP contribution >= 0.6 is 27.5 Å². The third-order valence-corrected chi connectivity index (χ3v) is 2.62. The van der Waals surface area contributed by atoms with Gasteiger partial charge in [-0.25, -0.2) is 0 Å². The molecule has 0 spiro atoms. The Morgan fingerprint density at radius 2 is 2.17 bits per heavy atom. The molecule has 1 nitrogen and oxygen atoms in total. The Morgan fingerprint density at radius 1 is 1.42 bits per heavy atom. The first kappa shape index (κ1) is 9.87. The summed E-state index contributed by atoms with van der Waals surface area (Å²) in [6.45, 7) is 0. The predicted molar refractivity (Wildman–Crippen MR) is 57.6 cm³/mol. The lowest BCUT2D eigenvalue weighted by Crippen LogP contribution is -1.90. The normalized spacial score (nSPS) is 10.2. The number of halogens is 2. The molecule has 0 heterocycles. The van der Waals surface area contributed by atoms with E-state index in [9.17, 15) is 0 Å². The third kappa shape index (κ3) is 2.68. The second-order valence-corrected chi connectivity index (χ2v) is 3.88. The largest absolute Gasteiger partial charge is 0.398 e. The Morgan fingerprint density at radius 3 is 2.75 bits per heavy atom. The van der Waals surface area contributed by atoms with E-state index in [1.165, 1.54) is 5.56 Å². The van der Waals surface area contributed by atoms with Gasteiger partial charge in [0.15, 0.2) is 0 Å². The standard InChI is InChI=1S/C9H11BrClN/c10-8-6-7(2-1-5-11)3-4-9(8)12/h3-4,6H,1-2,5,12H2.